The molecule has 3 rings (SSSR count). The van der Waals surface area contributed by atoms with Crippen molar-refractivity contribution in [1.29, 1.82) is 0 Å². The number of benzene rings is 1. The van der Waals surface area contributed by atoms with Crippen molar-refractivity contribution in [1.82, 2.24) is 4.57 Å². The Morgan fingerprint density at radius 1 is 1.19 bits per heavy atom. The van der Waals surface area contributed by atoms with Crippen LogP contribution in [-0.2, 0) is 11.8 Å². The quantitative estimate of drug-likeness (QED) is 0.911. The van der Waals surface area contributed by atoms with Gasteiger partial charge in [-0.25, -0.2) is 0 Å². The van der Waals surface area contributed by atoms with Crippen LogP contribution in [-0.4, -0.2) is 22.1 Å². The average Bonchev–Trinajstić information content (AvgIpc) is 2.87. The number of carbonyl (C=O) groups is 1. The van der Waals surface area contributed by atoms with Crippen molar-refractivity contribution in [2.24, 2.45) is 7.05 Å². The van der Waals surface area contributed by atoms with Gasteiger partial charge in [0.15, 0.2) is 5.75 Å². The van der Waals surface area contributed by atoms with Gasteiger partial charge in [-0.3, -0.25) is 9.59 Å². The highest BCUT2D eigenvalue weighted by atomic mass is 16.3. The SMILES string of the molecule is Cn1cc(N2C[C@H](c3ccccc3)CC2=O)cc(O)c1=O. The van der Waals surface area contributed by atoms with E-state index in [0.29, 0.717) is 18.7 Å². The highest BCUT2D eigenvalue weighted by Crippen LogP contribution is 2.31. The molecule has 21 heavy (non-hydrogen) atoms. The Bertz CT molecular complexity index is 711. The second-order valence-corrected chi connectivity index (χ2v) is 5.32. The molecule has 0 bridgehead atoms. The summed E-state index contributed by atoms with van der Waals surface area (Å²) in [6.45, 7) is 0.556. The average molecular weight is 284 g/mol. The van der Waals surface area contributed by atoms with E-state index in [2.05, 4.69) is 0 Å². The van der Waals surface area contributed by atoms with Gasteiger partial charge in [-0.15, -0.1) is 0 Å². The highest BCUT2D eigenvalue weighted by molar-refractivity contribution is 5.96. The van der Waals surface area contributed by atoms with Crippen LogP contribution in [0.15, 0.2) is 47.4 Å². The molecule has 108 valence electrons. The number of hydrogen-bond donors (Lipinski definition) is 1. The number of hydrogen-bond acceptors (Lipinski definition) is 3. The third-order valence-corrected chi connectivity index (χ3v) is 3.86. The van der Waals surface area contributed by atoms with Gasteiger partial charge >= 0.3 is 0 Å². The molecule has 0 radical (unpaired) electrons. The van der Waals surface area contributed by atoms with Crippen LogP contribution in [0.1, 0.15) is 17.9 Å². The molecule has 0 unspecified atom stereocenters. The Hall–Kier alpha value is -2.56. The maximum absolute atomic E-state index is 12.2. The fourth-order valence-corrected chi connectivity index (χ4v) is 2.73. The molecule has 1 aromatic heterocycles. The lowest BCUT2D eigenvalue weighted by Crippen LogP contribution is -2.26. The number of aryl methyl sites for hydroxylation is 1. The van der Waals surface area contributed by atoms with Crippen LogP contribution in [0.4, 0.5) is 5.69 Å². The Labute approximate surface area is 122 Å². The smallest absolute Gasteiger partial charge is 0.292 e. The zero-order valence-electron chi connectivity index (χ0n) is 11.7. The number of pyridine rings is 1. The Morgan fingerprint density at radius 2 is 1.90 bits per heavy atom. The molecule has 1 amide bonds. The van der Waals surface area contributed by atoms with E-state index in [1.54, 1.807) is 18.1 Å². The highest BCUT2D eigenvalue weighted by Gasteiger charge is 2.32. The van der Waals surface area contributed by atoms with Gasteiger partial charge in [0.25, 0.3) is 5.56 Å². The van der Waals surface area contributed by atoms with Crippen molar-refractivity contribution < 1.29 is 9.90 Å². The van der Waals surface area contributed by atoms with E-state index in [1.807, 2.05) is 30.3 Å². The van der Waals surface area contributed by atoms with Gasteiger partial charge in [0.2, 0.25) is 5.91 Å². The van der Waals surface area contributed by atoms with Crippen LogP contribution in [0.2, 0.25) is 0 Å². The summed E-state index contributed by atoms with van der Waals surface area (Å²) < 4.78 is 1.29. The minimum atomic E-state index is -0.468. The lowest BCUT2D eigenvalue weighted by atomic mass is 9.99. The zero-order valence-corrected chi connectivity index (χ0v) is 11.7. The predicted molar refractivity (Wildman–Crippen MR) is 79.5 cm³/mol. The summed E-state index contributed by atoms with van der Waals surface area (Å²) in [5.74, 6) is -0.203. The molecule has 1 N–H and O–H groups in total. The Morgan fingerprint density at radius 3 is 2.57 bits per heavy atom. The Balaban J connectivity index is 1.91. The van der Waals surface area contributed by atoms with Gasteiger partial charge < -0.3 is 14.6 Å². The molecule has 0 spiro atoms. The van der Waals surface area contributed by atoms with Crippen LogP contribution in [0.5, 0.6) is 5.75 Å². The monoisotopic (exact) mass is 284 g/mol. The molecule has 1 aliphatic heterocycles. The van der Waals surface area contributed by atoms with E-state index in [-0.39, 0.29) is 17.6 Å². The molecule has 1 aliphatic rings. The van der Waals surface area contributed by atoms with E-state index >= 15 is 0 Å². The number of aromatic hydroxyl groups is 1. The zero-order chi connectivity index (χ0) is 15.0. The van der Waals surface area contributed by atoms with E-state index in [1.165, 1.54) is 10.6 Å². The van der Waals surface area contributed by atoms with E-state index in [4.69, 9.17) is 0 Å². The van der Waals surface area contributed by atoms with Crippen LogP contribution >= 0.6 is 0 Å². The third kappa shape index (κ3) is 2.42. The molecule has 1 saturated heterocycles. The van der Waals surface area contributed by atoms with Gasteiger partial charge in [-0.1, -0.05) is 30.3 Å². The fraction of sp³-hybridized carbons (Fsp3) is 0.250. The van der Waals surface area contributed by atoms with Gasteiger partial charge in [0.05, 0.1) is 5.69 Å². The summed E-state index contributed by atoms with van der Waals surface area (Å²) in [5.41, 5.74) is 1.21. The summed E-state index contributed by atoms with van der Waals surface area (Å²) in [6.07, 6.45) is 2.01. The van der Waals surface area contributed by atoms with Crippen molar-refractivity contribution in [3.05, 3.63) is 58.5 Å². The molecule has 5 heteroatoms. The second kappa shape index (κ2) is 5.09. The predicted octanol–water partition coefficient (Wildman–Crippen LogP) is 1.61. The maximum atomic E-state index is 12.2. The first-order valence-electron chi connectivity index (χ1n) is 6.81. The van der Waals surface area contributed by atoms with Crippen LogP contribution in [0, 0.1) is 0 Å². The molecule has 5 nitrogen and oxygen atoms in total. The van der Waals surface area contributed by atoms with Gasteiger partial charge in [0.1, 0.15) is 0 Å². The Kier molecular flexibility index (Phi) is 3.25. The second-order valence-electron chi connectivity index (χ2n) is 5.32. The molecule has 2 aromatic rings. The third-order valence-electron chi connectivity index (χ3n) is 3.86. The molecular formula is C16H16N2O3. The largest absolute Gasteiger partial charge is 0.503 e. The first-order valence-corrected chi connectivity index (χ1v) is 6.81. The number of aromatic nitrogens is 1. The molecule has 1 atom stereocenters. The lowest BCUT2D eigenvalue weighted by Gasteiger charge is -2.18. The summed E-state index contributed by atoms with van der Waals surface area (Å²) >= 11 is 0. The van der Waals surface area contributed by atoms with Crippen LogP contribution < -0.4 is 10.5 Å². The topological polar surface area (TPSA) is 62.5 Å². The van der Waals surface area contributed by atoms with Crippen molar-refractivity contribution in [3.8, 4) is 5.75 Å². The van der Waals surface area contributed by atoms with Crippen LogP contribution in [0.3, 0.4) is 0 Å². The fourth-order valence-electron chi connectivity index (χ4n) is 2.73. The number of amides is 1. The maximum Gasteiger partial charge on any atom is 0.292 e. The normalized spacial score (nSPS) is 18.2. The first kappa shape index (κ1) is 13.4. The molecule has 1 aromatic carbocycles. The van der Waals surface area contributed by atoms with E-state index in [9.17, 15) is 14.7 Å². The molecular weight excluding hydrogens is 268 g/mol. The molecule has 0 aliphatic carbocycles. The van der Waals surface area contributed by atoms with Crippen molar-refractivity contribution in [2.45, 2.75) is 12.3 Å². The number of anilines is 1. The van der Waals surface area contributed by atoms with Crippen molar-refractivity contribution >= 4 is 11.6 Å². The van der Waals surface area contributed by atoms with Gasteiger partial charge in [0, 0.05) is 38.2 Å². The number of rotatable bonds is 2. The minimum absolute atomic E-state index is 0.00176. The van der Waals surface area contributed by atoms with Crippen molar-refractivity contribution in [2.75, 3.05) is 11.4 Å². The standard InChI is InChI=1S/C16H16N2O3/c1-17-10-13(8-14(19)16(17)21)18-9-12(7-15(18)20)11-5-3-2-4-6-11/h2-6,8,10,12,19H,7,9H2,1H3/t12-/m1/s1. The van der Waals surface area contributed by atoms with Gasteiger partial charge in [-0.2, -0.15) is 0 Å². The number of nitrogens with zero attached hydrogens (tertiary/aromatic N) is 2. The summed E-state index contributed by atoms with van der Waals surface area (Å²) in [6, 6.07) is 11.2. The first-order chi connectivity index (χ1) is 10.1. The summed E-state index contributed by atoms with van der Waals surface area (Å²) in [4.78, 5) is 25.4. The van der Waals surface area contributed by atoms with Crippen molar-refractivity contribution in [3.63, 3.8) is 0 Å². The molecule has 1 fully saturated rings. The lowest BCUT2D eigenvalue weighted by molar-refractivity contribution is -0.117. The van der Waals surface area contributed by atoms with E-state index < -0.39 is 5.56 Å². The minimum Gasteiger partial charge on any atom is -0.503 e. The molecule has 0 saturated carbocycles. The number of carbonyl (C=O) groups excluding carboxylic acids is 1. The summed E-state index contributed by atoms with van der Waals surface area (Å²) in [5, 5.41) is 9.64. The van der Waals surface area contributed by atoms with Gasteiger partial charge in [-0.05, 0) is 5.56 Å². The van der Waals surface area contributed by atoms with Crippen LogP contribution in [0.25, 0.3) is 0 Å². The molecule has 2 heterocycles. The van der Waals surface area contributed by atoms with E-state index in [0.717, 1.165) is 5.56 Å². The summed E-state index contributed by atoms with van der Waals surface area (Å²) in [7, 11) is 1.56.